The van der Waals surface area contributed by atoms with Crippen LogP contribution < -0.4 is 5.32 Å². The van der Waals surface area contributed by atoms with Crippen LogP contribution in [0.2, 0.25) is 0 Å². The van der Waals surface area contributed by atoms with E-state index in [1.807, 2.05) is 12.1 Å². The van der Waals surface area contributed by atoms with Crippen LogP contribution in [-0.2, 0) is 0 Å². The van der Waals surface area contributed by atoms with Crippen LogP contribution in [0.4, 0.5) is 5.82 Å². The van der Waals surface area contributed by atoms with Crippen molar-refractivity contribution < 1.29 is 0 Å². The zero-order valence-corrected chi connectivity index (χ0v) is 10.7. The average molecular weight is 244 g/mol. The van der Waals surface area contributed by atoms with E-state index >= 15 is 0 Å². The fourth-order valence-corrected chi connectivity index (χ4v) is 2.61. The fourth-order valence-electron chi connectivity index (χ4n) is 2.61. The Morgan fingerprint density at radius 3 is 2.94 bits per heavy atom. The molecular weight excluding hydrogens is 224 g/mol. The third-order valence-electron chi connectivity index (χ3n) is 3.61. The van der Waals surface area contributed by atoms with Gasteiger partial charge in [-0.15, -0.1) is 0 Å². The Balaban J connectivity index is 1.50. The SMILES string of the molecule is c1ccc2c(NCCCN3CCCC3)n[nH]c2c1. The van der Waals surface area contributed by atoms with Gasteiger partial charge in [0.2, 0.25) is 0 Å². The number of rotatable bonds is 5. The number of H-pyrrole nitrogens is 1. The lowest BCUT2D eigenvalue weighted by Gasteiger charge is -2.14. The van der Waals surface area contributed by atoms with Gasteiger partial charge in [0.05, 0.1) is 5.52 Å². The zero-order valence-electron chi connectivity index (χ0n) is 10.7. The van der Waals surface area contributed by atoms with Gasteiger partial charge < -0.3 is 10.2 Å². The lowest BCUT2D eigenvalue weighted by Crippen LogP contribution is -2.22. The standard InChI is InChI=1S/C14H20N4/c1-2-7-13-12(6-1)14(17-16-13)15-8-5-11-18-9-3-4-10-18/h1-2,6-7H,3-5,8-11H2,(H2,15,16,17). The maximum atomic E-state index is 4.31. The maximum absolute atomic E-state index is 4.31. The monoisotopic (exact) mass is 244 g/mol. The summed E-state index contributed by atoms with van der Waals surface area (Å²) in [6.07, 6.45) is 3.93. The molecule has 2 N–H and O–H groups in total. The molecule has 96 valence electrons. The first-order chi connectivity index (χ1) is 8.93. The maximum Gasteiger partial charge on any atom is 0.155 e. The summed E-state index contributed by atoms with van der Waals surface area (Å²) in [5.41, 5.74) is 1.10. The molecule has 0 radical (unpaired) electrons. The predicted octanol–water partition coefficient (Wildman–Crippen LogP) is 2.46. The first kappa shape index (κ1) is 11.5. The van der Waals surface area contributed by atoms with Crippen molar-refractivity contribution in [3.05, 3.63) is 24.3 Å². The molecule has 2 aromatic rings. The van der Waals surface area contributed by atoms with Gasteiger partial charge in [-0.25, -0.2) is 0 Å². The van der Waals surface area contributed by atoms with Crippen molar-refractivity contribution in [3.8, 4) is 0 Å². The number of nitrogens with zero attached hydrogens (tertiary/aromatic N) is 2. The number of benzene rings is 1. The minimum atomic E-state index is 0.979. The summed E-state index contributed by atoms with van der Waals surface area (Å²) in [5.74, 6) is 0.979. The van der Waals surface area contributed by atoms with Crippen LogP contribution in [-0.4, -0.2) is 41.3 Å². The van der Waals surface area contributed by atoms with Crippen molar-refractivity contribution in [3.63, 3.8) is 0 Å². The molecule has 4 heteroatoms. The van der Waals surface area contributed by atoms with Crippen LogP contribution in [0.25, 0.3) is 10.9 Å². The molecule has 1 saturated heterocycles. The molecule has 0 amide bonds. The Labute approximate surface area is 107 Å². The highest BCUT2D eigenvalue weighted by atomic mass is 15.2. The Morgan fingerprint density at radius 2 is 2.06 bits per heavy atom. The Kier molecular flexibility index (Phi) is 3.46. The van der Waals surface area contributed by atoms with Gasteiger partial charge in [-0.2, -0.15) is 5.10 Å². The molecule has 3 rings (SSSR count). The minimum Gasteiger partial charge on any atom is -0.368 e. The molecule has 0 atom stereocenters. The van der Waals surface area contributed by atoms with Crippen LogP contribution in [0, 0.1) is 0 Å². The summed E-state index contributed by atoms with van der Waals surface area (Å²) in [7, 11) is 0. The van der Waals surface area contributed by atoms with Crippen LogP contribution in [0.3, 0.4) is 0 Å². The number of aromatic amines is 1. The molecule has 1 fully saturated rings. The lowest BCUT2D eigenvalue weighted by molar-refractivity contribution is 0.337. The number of fused-ring (bicyclic) bond motifs is 1. The number of hydrogen-bond donors (Lipinski definition) is 2. The van der Waals surface area contributed by atoms with E-state index in [0.29, 0.717) is 0 Å². The summed E-state index contributed by atoms with van der Waals surface area (Å²) in [6.45, 7) is 4.76. The van der Waals surface area contributed by atoms with E-state index in [-0.39, 0.29) is 0 Å². The number of hydrogen-bond acceptors (Lipinski definition) is 3. The molecule has 0 saturated carbocycles. The van der Waals surface area contributed by atoms with Crippen LogP contribution >= 0.6 is 0 Å². The fraction of sp³-hybridized carbons (Fsp3) is 0.500. The highest BCUT2D eigenvalue weighted by Gasteiger charge is 2.10. The van der Waals surface area contributed by atoms with Crippen LogP contribution in [0.1, 0.15) is 19.3 Å². The molecule has 1 aromatic carbocycles. The number of nitrogens with one attached hydrogen (secondary N) is 2. The highest BCUT2D eigenvalue weighted by Crippen LogP contribution is 2.19. The third-order valence-corrected chi connectivity index (χ3v) is 3.61. The largest absolute Gasteiger partial charge is 0.368 e. The summed E-state index contributed by atoms with van der Waals surface area (Å²) >= 11 is 0. The topological polar surface area (TPSA) is 44.0 Å². The smallest absolute Gasteiger partial charge is 0.155 e. The van der Waals surface area contributed by atoms with E-state index in [0.717, 1.165) is 17.9 Å². The molecule has 1 aromatic heterocycles. The molecule has 0 bridgehead atoms. The van der Waals surface area contributed by atoms with Gasteiger partial charge in [-0.3, -0.25) is 5.10 Å². The van der Waals surface area contributed by atoms with Gasteiger partial charge >= 0.3 is 0 Å². The van der Waals surface area contributed by atoms with Crippen LogP contribution in [0.5, 0.6) is 0 Å². The van der Waals surface area contributed by atoms with E-state index in [4.69, 9.17) is 0 Å². The highest BCUT2D eigenvalue weighted by molar-refractivity contribution is 5.89. The minimum absolute atomic E-state index is 0.979. The normalized spacial score (nSPS) is 16.4. The molecule has 18 heavy (non-hydrogen) atoms. The lowest BCUT2D eigenvalue weighted by atomic mass is 10.2. The van der Waals surface area contributed by atoms with Gasteiger partial charge in [0.15, 0.2) is 5.82 Å². The predicted molar refractivity (Wildman–Crippen MR) is 74.9 cm³/mol. The first-order valence-electron chi connectivity index (χ1n) is 6.83. The first-order valence-corrected chi connectivity index (χ1v) is 6.83. The van der Waals surface area contributed by atoms with Crippen LogP contribution in [0.15, 0.2) is 24.3 Å². The second-order valence-electron chi connectivity index (χ2n) is 4.95. The van der Waals surface area contributed by atoms with E-state index in [2.05, 4.69) is 32.5 Å². The molecule has 1 aliphatic heterocycles. The Morgan fingerprint density at radius 1 is 1.22 bits per heavy atom. The molecule has 1 aliphatic rings. The van der Waals surface area contributed by atoms with Gasteiger partial charge in [-0.05, 0) is 51.0 Å². The molecule has 0 aliphatic carbocycles. The van der Waals surface area contributed by atoms with Gasteiger partial charge in [0, 0.05) is 11.9 Å². The number of aromatic nitrogens is 2. The number of para-hydroxylation sites is 1. The molecule has 4 nitrogen and oxygen atoms in total. The van der Waals surface area contributed by atoms with E-state index in [9.17, 15) is 0 Å². The third kappa shape index (κ3) is 2.48. The van der Waals surface area contributed by atoms with Crippen molar-refractivity contribution in [2.24, 2.45) is 0 Å². The molecule has 0 unspecified atom stereocenters. The van der Waals surface area contributed by atoms with E-state index in [1.54, 1.807) is 0 Å². The Bertz CT molecular complexity index is 499. The van der Waals surface area contributed by atoms with Crippen molar-refractivity contribution in [1.82, 2.24) is 15.1 Å². The van der Waals surface area contributed by atoms with Crippen molar-refractivity contribution in [1.29, 1.82) is 0 Å². The van der Waals surface area contributed by atoms with Gasteiger partial charge in [-0.1, -0.05) is 12.1 Å². The second-order valence-corrected chi connectivity index (χ2v) is 4.95. The number of anilines is 1. The summed E-state index contributed by atoms with van der Waals surface area (Å²) in [5, 5.41) is 12.0. The summed E-state index contributed by atoms with van der Waals surface area (Å²) < 4.78 is 0. The summed E-state index contributed by atoms with van der Waals surface area (Å²) in [6, 6.07) is 8.23. The second kappa shape index (κ2) is 5.40. The Hall–Kier alpha value is -1.55. The van der Waals surface area contributed by atoms with Crippen molar-refractivity contribution in [2.45, 2.75) is 19.3 Å². The van der Waals surface area contributed by atoms with E-state index in [1.165, 1.54) is 44.3 Å². The molecule has 0 spiro atoms. The molecular formula is C14H20N4. The quantitative estimate of drug-likeness (QED) is 0.794. The van der Waals surface area contributed by atoms with Gasteiger partial charge in [0.1, 0.15) is 0 Å². The van der Waals surface area contributed by atoms with Crippen molar-refractivity contribution >= 4 is 16.7 Å². The average Bonchev–Trinajstić information content (AvgIpc) is 3.04. The zero-order chi connectivity index (χ0) is 12.2. The van der Waals surface area contributed by atoms with E-state index < -0.39 is 0 Å². The number of likely N-dealkylation sites (tertiary alicyclic amines) is 1. The summed E-state index contributed by atoms with van der Waals surface area (Å²) in [4.78, 5) is 2.55. The van der Waals surface area contributed by atoms with Crippen molar-refractivity contribution in [2.75, 3.05) is 31.5 Å². The molecule has 2 heterocycles. The van der Waals surface area contributed by atoms with Gasteiger partial charge in [0.25, 0.3) is 0 Å².